The first-order chi connectivity index (χ1) is 13.1. The van der Waals surface area contributed by atoms with Crippen molar-refractivity contribution >= 4 is 24.0 Å². The third-order valence-corrected chi connectivity index (χ3v) is 4.87. The summed E-state index contributed by atoms with van der Waals surface area (Å²) < 4.78 is 7.85. The molecule has 3 heterocycles. The van der Waals surface area contributed by atoms with E-state index < -0.39 is 0 Å². The number of nitrogens with one attached hydrogen (secondary N) is 1. The van der Waals surface area contributed by atoms with Gasteiger partial charge in [-0.25, -0.2) is 4.98 Å². The van der Waals surface area contributed by atoms with Crippen LogP contribution in [0.4, 0.5) is 0 Å². The summed E-state index contributed by atoms with van der Waals surface area (Å²) in [5.74, 6) is 0.805. The fourth-order valence-electron chi connectivity index (χ4n) is 3.42. The van der Waals surface area contributed by atoms with Gasteiger partial charge in [-0.1, -0.05) is 6.07 Å². The maximum Gasteiger partial charge on any atom is 0.253 e. The summed E-state index contributed by atoms with van der Waals surface area (Å²) in [5, 5.41) is 3.35. The molecule has 0 bridgehead atoms. The fourth-order valence-corrected chi connectivity index (χ4v) is 3.42. The number of benzene rings is 1. The molecule has 1 fully saturated rings. The summed E-state index contributed by atoms with van der Waals surface area (Å²) in [5.41, 5.74) is 3.65. The van der Waals surface area contributed by atoms with Crippen molar-refractivity contribution in [2.45, 2.75) is 26.5 Å². The SMILES string of the molecule is Cc1cccn2cc(COc3ccc(C(=O)N4CCN[C@H](C)C4)cc3)nc12.Cl. The topological polar surface area (TPSA) is 58.9 Å². The van der Waals surface area contributed by atoms with Gasteiger partial charge in [0.2, 0.25) is 0 Å². The van der Waals surface area contributed by atoms with Crippen LogP contribution in [0.3, 0.4) is 0 Å². The third kappa shape index (κ3) is 4.29. The van der Waals surface area contributed by atoms with Crippen LogP contribution in [0.5, 0.6) is 5.75 Å². The lowest BCUT2D eigenvalue weighted by atomic mass is 10.1. The molecule has 148 valence electrons. The molecule has 0 saturated carbocycles. The highest BCUT2D eigenvalue weighted by molar-refractivity contribution is 5.94. The van der Waals surface area contributed by atoms with Gasteiger partial charge in [-0.05, 0) is 49.7 Å². The number of halogens is 1. The Hall–Kier alpha value is -2.57. The van der Waals surface area contributed by atoms with E-state index in [2.05, 4.69) is 17.2 Å². The quantitative estimate of drug-likeness (QED) is 0.731. The van der Waals surface area contributed by atoms with Crippen LogP contribution in [0.2, 0.25) is 0 Å². The van der Waals surface area contributed by atoms with Crippen molar-refractivity contribution in [2.24, 2.45) is 0 Å². The van der Waals surface area contributed by atoms with Crippen LogP contribution in [-0.4, -0.2) is 45.9 Å². The molecule has 1 saturated heterocycles. The Morgan fingerprint density at radius 1 is 1.29 bits per heavy atom. The van der Waals surface area contributed by atoms with Crippen molar-refractivity contribution in [1.29, 1.82) is 0 Å². The van der Waals surface area contributed by atoms with Gasteiger partial charge in [0.05, 0.1) is 5.69 Å². The number of piperazine rings is 1. The van der Waals surface area contributed by atoms with E-state index >= 15 is 0 Å². The van der Waals surface area contributed by atoms with Crippen molar-refractivity contribution in [3.8, 4) is 5.75 Å². The number of pyridine rings is 1. The number of aromatic nitrogens is 2. The molecule has 28 heavy (non-hydrogen) atoms. The Morgan fingerprint density at radius 2 is 2.07 bits per heavy atom. The van der Waals surface area contributed by atoms with E-state index in [1.807, 2.05) is 65.0 Å². The number of amides is 1. The molecule has 1 amide bonds. The Labute approximate surface area is 170 Å². The second-order valence-electron chi connectivity index (χ2n) is 7.07. The Morgan fingerprint density at radius 3 is 2.79 bits per heavy atom. The van der Waals surface area contributed by atoms with Crippen molar-refractivity contribution in [1.82, 2.24) is 19.6 Å². The highest BCUT2D eigenvalue weighted by atomic mass is 35.5. The summed E-state index contributed by atoms with van der Waals surface area (Å²) in [6.45, 7) is 6.86. The molecule has 7 heteroatoms. The molecule has 0 radical (unpaired) electrons. The summed E-state index contributed by atoms with van der Waals surface area (Å²) in [6.07, 6.45) is 3.96. The van der Waals surface area contributed by atoms with Gasteiger partial charge in [0, 0.05) is 43.6 Å². The summed E-state index contributed by atoms with van der Waals surface area (Å²) in [4.78, 5) is 19.1. The summed E-state index contributed by atoms with van der Waals surface area (Å²) in [7, 11) is 0. The molecule has 1 aromatic carbocycles. The molecule has 4 rings (SSSR count). The van der Waals surface area contributed by atoms with Crippen LogP contribution >= 0.6 is 12.4 Å². The molecule has 3 aromatic rings. The van der Waals surface area contributed by atoms with Crippen molar-refractivity contribution < 1.29 is 9.53 Å². The van der Waals surface area contributed by atoms with Gasteiger partial charge in [0.1, 0.15) is 18.0 Å². The lowest BCUT2D eigenvalue weighted by molar-refractivity contribution is 0.0709. The first-order valence-corrected chi connectivity index (χ1v) is 9.29. The second kappa shape index (κ2) is 8.63. The van der Waals surface area contributed by atoms with Gasteiger partial charge in [-0.2, -0.15) is 0 Å². The van der Waals surface area contributed by atoms with Gasteiger partial charge < -0.3 is 19.4 Å². The van der Waals surface area contributed by atoms with Crippen molar-refractivity contribution in [3.63, 3.8) is 0 Å². The second-order valence-corrected chi connectivity index (χ2v) is 7.07. The van der Waals surface area contributed by atoms with E-state index in [1.165, 1.54) is 0 Å². The van der Waals surface area contributed by atoms with Gasteiger partial charge in [-0.3, -0.25) is 4.79 Å². The molecule has 1 aliphatic heterocycles. The van der Waals surface area contributed by atoms with Gasteiger partial charge in [0.25, 0.3) is 5.91 Å². The number of nitrogens with zero attached hydrogens (tertiary/aromatic N) is 3. The number of hydrogen-bond acceptors (Lipinski definition) is 4. The Balaban J connectivity index is 0.00000225. The normalized spacial score (nSPS) is 16.6. The third-order valence-electron chi connectivity index (χ3n) is 4.87. The van der Waals surface area contributed by atoms with Gasteiger partial charge in [-0.15, -0.1) is 12.4 Å². The van der Waals surface area contributed by atoms with E-state index in [0.29, 0.717) is 18.2 Å². The zero-order chi connectivity index (χ0) is 18.8. The average Bonchev–Trinajstić information content (AvgIpc) is 3.11. The molecule has 6 nitrogen and oxygen atoms in total. The maximum absolute atomic E-state index is 12.6. The van der Waals surface area contributed by atoms with E-state index in [-0.39, 0.29) is 18.3 Å². The minimum atomic E-state index is 0. The Bertz CT molecular complexity index is 955. The van der Waals surface area contributed by atoms with E-state index in [9.17, 15) is 4.79 Å². The van der Waals surface area contributed by atoms with Crippen molar-refractivity contribution in [3.05, 3.63) is 65.6 Å². The molecule has 1 atom stereocenters. The van der Waals surface area contributed by atoms with Crippen LogP contribution in [0.15, 0.2) is 48.8 Å². The molecule has 0 unspecified atom stereocenters. The molecule has 1 aliphatic rings. The van der Waals surface area contributed by atoms with Crippen LogP contribution in [-0.2, 0) is 6.61 Å². The molecular formula is C21H25ClN4O2. The molecule has 1 N–H and O–H groups in total. The van der Waals surface area contributed by atoms with Gasteiger partial charge >= 0.3 is 0 Å². The zero-order valence-electron chi connectivity index (χ0n) is 16.1. The number of carbonyl (C=O) groups is 1. The summed E-state index contributed by atoms with van der Waals surface area (Å²) in [6, 6.07) is 11.7. The molecule has 0 spiro atoms. The Kier molecular flexibility index (Phi) is 6.21. The zero-order valence-corrected chi connectivity index (χ0v) is 16.9. The highest BCUT2D eigenvalue weighted by Gasteiger charge is 2.21. The first kappa shape index (κ1) is 20.2. The number of hydrogen-bond donors (Lipinski definition) is 1. The minimum absolute atomic E-state index is 0. The average molecular weight is 401 g/mol. The largest absolute Gasteiger partial charge is 0.487 e. The number of ether oxygens (including phenoxy) is 1. The number of fused-ring (bicyclic) bond motifs is 1. The standard InChI is InChI=1S/C21H24N4O2.ClH/c1-15-4-3-10-24-13-18(23-20(15)24)14-27-19-7-5-17(6-8-19)21(26)25-11-9-22-16(2)12-25;/h3-8,10,13,16,22H,9,11-12,14H2,1-2H3;1H/t16-;/m1./s1. The number of aryl methyl sites for hydroxylation is 1. The van der Waals surface area contributed by atoms with Gasteiger partial charge in [0.15, 0.2) is 0 Å². The van der Waals surface area contributed by atoms with Crippen LogP contribution in [0.25, 0.3) is 5.65 Å². The van der Waals surface area contributed by atoms with Crippen molar-refractivity contribution in [2.75, 3.05) is 19.6 Å². The number of rotatable bonds is 4. The highest BCUT2D eigenvalue weighted by Crippen LogP contribution is 2.17. The monoisotopic (exact) mass is 400 g/mol. The molecular weight excluding hydrogens is 376 g/mol. The first-order valence-electron chi connectivity index (χ1n) is 9.29. The predicted molar refractivity (Wildman–Crippen MR) is 111 cm³/mol. The predicted octanol–water partition coefficient (Wildman–Crippen LogP) is 3.08. The minimum Gasteiger partial charge on any atom is -0.487 e. The van der Waals surface area contributed by atoms with Crippen LogP contribution in [0, 0.1) is 6.92 Å². The lowest BCUT2D eigenvalue weighted by Gasteiger charge is -2.32. The number of carbonyl (C=O) groups excluding carboxylic acids is 1. The molecule has 0 aliphatic carbocycles. The lowest BCUT2D eigenvalue weighted by Crippen LogP contribution is -2.51. The smallest absolute Gasteiger partial charge is 0.253 e. The summed E-state index contributed by atoms with van der Waals surface area (Å²) >= 11 is 0. The maximum atomic E-state index is 12.6. The number of imidazole rings is 1. The van der Waals surface area contributed by atoms with Crippen LogP contribution in [0.1, 0.15) is 28.5 Å². The van der Waals surface area contributed by atoms with E-state index in [4.69, 9.17) is 4.74 Å². The molecule has 2 aromatic heterocycles. The fraction of sp³-hybridized carbons (Fsp3) is 0.333. The van der Waals surface area contributed by atoms with Crippen LogP contribution < -0.4 is 10.1 Å². The van der Waals surface area contributed by atoms with E-state index in [0.717, 1.165) is 42.3 Å². The van der Waals surface area contributed by atoms with E-state index in [1.54, 1.807) is 0 Å².